The second kappa shape index (κ2) is 3.79. The Bertz CT molecular complexity index is 280. The summed E-state index contributed by atoms with van der Waals surface area (Å²) < 4.78 is 0. The van der Waals surface area contributed by atoms with Crippen LogP contribution in [-0.4, -0.2) is 0 Å². The third kappa shape index (κ3) is 2.01. The summed E-state index contributed by atoms with van der Waals surface area (Å²) in [6.07, 6.45) is 5.71. The van der Waals surface area contributed by atoms with Gasteiger partial charge in [-0.05, 0) is 39.5 Å². The number of nitriles is 1. The van der Waals surface area contributed by atoms with Crippen molar-refractivity contribution < 1.29 is 0 Å². The van der Waals surface area contributed by atoms with Crippen LogP contribution in [0, 0.1) is 16.7 Å². The van der Waals surface area contributed by atoms with Gasteiger partial charge in [0.05, 0.1) is 11.5 Å². The van der Waals surface area contributed by atoms with Gasteiger partial charge in [0.25, 0.3) is 0 Å². The highest BCUT2D eigenvalue weighted by Crippen LogP contribution is 2.41. The molecule has 1 rings (SSSR count). The van der Waals surface area contributed by atoms with Crippen molar-refractivity contribution in [2.24, 2.45) is 5.41 Å². The van der Waals surface area contributed by atoms with Gasteiger partial charge in [0.15, 0.2) is 0 Å². The molecule has 1 aliphatic rings. The first-order valence-corrected chi connectivity index (χ1v) is 4.81. The molecule has 1 unspecified atom stereocenters. The Kier molecular flexibility index (Phi) is 2.93. The van der Waals surface area contributed by atoms with E-state index in [4.69, 9.17) is 5.26 Å². The van der Waals surface area contributed by atoms with Crippen LogP contribution in [-0.2, 0) is 0 Å². The van der Waals surface area contributed by atoms with E-state index in [2.05, 4.69) is 26.5 Å². The molecule has 0 bridgehead atoms. The van der Waals surface area contributed by atoms with Gasteiger partial charge in [0.2, 0.25) is 0 Å². The third-order valence-electron chi connectivity index (χ3n) is 3.08. The summed E-state index contributed by atoms with van der Waals surface area (Å²) in [4.78, 5) is 0. The molecular weight excluding hydrogens is 158 g/mol. The van der Waals surface area contributed by atoms with Gasteiger partial charge >= 0.3 is 0 Å². The van der Waals surface area contributed by atoms with Crippen molar-refractivity contribution in [3.63, 3.8) is 0 Å². The quantitative estimate of drug-likeness (QED) is 0.588. The Labute approximate surface area is 80.8 Å². The van der Waals surface area contributed by atoms with Gasteiger partial charge in [-0.1, -0.05) is 17.2 Å². The summed E-state index contributed by atoms with van der Waals surface area (Å²) in [6.45, 7) is 8.04. The van der Waals surface area contributed by atoms with E-state index in [0.29, 0.717) is 0 Å². The molecule has 0 aliphatic heterocycles. The number of nitrogens with zero attached hydrogens (tertiary/aromatic N) is 1. The van der Waals surface area contributed by atoms with Crippen LogP contribution in [0.3, 0.4) is 0 Å². The molecule has 1 heteroatoms. The van der Waals surface area contributed by atoms with Gasteiger partial charge in [-0.25, -0.2) is 0 Å². The largest absolute Gasteiger partial charge is 0.198 e. The number of hydrogen-bond donors (Lipinski definition) is 0. The predicted octanol–water partition coefficient (Wildman–Crippen LogP) is 3.59. The van der Waals surface area contributed by atoms with E-state index in [-0.39, 0.29) is 5.41 Å². The van der Waals surface area contributed by atoms with Gasteiger partial charge < -0.3 is 0 Å². The zero-order valence-corrected chi connectivity index (χ0v) is 8.56. The topological polar surface area (TPSA) is 23.8 Å². The van der Waals surface area contributed by atoms with E-state index >= 15 is 0 Å². The smallest absolute Gasteiger partial charge is 0.0696 e. The molecule has 1 nitrogen and oxygen atoms in total. The van der Waals surface area contributed by atoms with Crippen molar-refractivity contribution >= 4 is 0 Å². The van der Waals surface area contributed by atoms with Crippen LogP contribution in [0.2, 0.25) is 0 Å². The summed E-state index contributed by atoms with van der Waals surface area (Å²) in [5.41, 5.74) is 2.72. The molecular formula is C12H17N. The Morgan fingerprint density at radius 2 is 2.23 bits per heavy atom. The summed E-state index contributed by atoms with van der Waals surface area (Å²) in [5, 5.41) is 9.16. The van der Waals surface area contributed by atoms with Crippen LogP contribution in [0.5, 0.6) is 0 Å². The number of rotatable bonds is 2. The molecule has 0 saturated carbocycles. The van der Waals surface area contributed by atoms with Crippen molar-refractivity contribution in [1.82, 2.24) is 0 Å². The first kappa shape index (κ1) is 10.1. The summed E-state index contributed by atoms with van der Waals surface area (Å²) in [6, 6.07) is 2.46. The fourth-order valence-corrected chi connectivity index (χ4v) is 1.98. The Hall–Kier alpha value is -1.03. The monoisotopic (exact) mass is 175 g/mol. The molecule has 0 N–H and O–H groups in total. The van der Waals surface area contributed by atoms with E-state index in [0.717, 1.165) is 25.7 Å². The molecule has 0 heterocycles. The average molecular weight is 175 g/mol. The van der Waals surface area contributed by atoms with Crippen LogP contribution < -0.4 is 0 Å². The van der Waals surface area contributed by atoms with E-state index in [1.54, 1.807) is 0 Å². The van der Waals surface area contributed by atoms with E-state index in [1.165, 1.54) is 11.1 Å². The van der Waals surface area contributed by atoms with Crippen LogP contribution in [0.25, 0.3) is 0 Å². The lowest BCUT2D eigenvalue weighted by Gasteiger charge is -2.31. The molecule has 0 amide bonds. The van der Waals surface area contributed by atoms with Crippen LogP contribution in [0.4, 0.5) is 0 Å². The van der Waals surface area contributed by atoms with Gasteiger partial charge in [-0.3, -0.25) is 0 Å². The summed E-state index contributed by atoms with van der Waals surface area (Å²) in [5.74, 6) is 0. The SMILES string of the molecule is C=CCC1(C#N)CCC(C)=C(C)C1. The minimum atomic E-state index is -0.147. The first-order chi connectivity index (χ1) is 6.13. The maximum absolute atomic E-state index is 9.16. The summed E-state index contributed by atoms with van der Waals surface area (Å²) in [7, 11) is 0. The van der Waals surface area contributed by atoms with Crippen molar-refractivity contribution in [3.8, 4) is 6.07 Å². The molecule has 13 heavy (non-hydrogen) atoms. The van der Waals surface area contributed by atoms with Crippen LogP contribution in [0.1, 0.15) is 39.5 Å². The zero-order valence-electron chi connectivity index (χ0n) is 8.56. The minimum absolute atomic E-state index is 0.147. The normalized spacial score (nSPS) is 28.4. The first-order valence-electron chi connectivity index (χ1n) is 4.81. The lowest BCUT2D eigenvalue weighted by Crippen LogP contribution is -2.22. The number of hydrogen-bond acceptors (Lipinski definition) is 1. The summed E-state index contributed by atoms with van der Waals surface area (Å²) >= 11 is 0. The molecule has 1 aliphatic carbocycles. The lowest BCUT2D eigenvalue weighted by molar-refractivity contribution is 0.344. The molecule has 0 saturated heterocycles. The van der Waals surface area contributed by atoms with Crippen molar-refractivity contribution in [1.29, 1.82) is 5.26 Å². The Morgan fingerprint density at radius 1 is 1.54 bits per heavy atom. The van der Waals surface area contributed by atoms with Crippen molar-refractivity contribution in [3.05, 3.63) is 23.8 Å². The van der Waals surface area contributed by atoms with E-state index < -0.39 is 0 Å². The minimum Gasteiger partial charge on any atom is -0.198 e. The van der Waals surface area contributed by atoms with E-state index in [1.807, 2.05) is 6.08 Å². The fraction of sp³-hybridized carbons (Fsp3) is 0.583. The molecule has 0 spiro atoms. The standard InChI is InChI=1S/C12H17N/c1-4-6-12(9-13)7-5-10(2)11(3)8-12/h4H,1,5-8H2,2-3H3. The van der Waals surface area contributed by atoms with Gasteiger partial charge in [-0.15, -0.1) is 6.58 Å². The molecule has 70 valence electrons. The maximum atomic E-state index is 9.16. The van der Waals surface area contributed by atoms with Gasteiger partial charge in [-0.2, -0.15) is 5.26 Å². The van der Waals surface area contributed by atoms with E-state index in [9.17, 15) is 0 Å². The second-order valence-electron chi connectivity index (χ2n) is 4.12. The Morgan fingerprint density at radius 3 is 2.69 bits per heavy atom. The fourth-order valence-electron chi connectivity index (χ4n) is 1.98. The van der Waals surface area contributed by atoms with Crippen molar-refractivity contribution in [2.75, 3.05) is 0 Å². The average Bonchev–Trinajstić information content (AvgIpc) is 2.12. The molecule has 0 aromatic heterocycles. The van der Waals surface area contributed by atoms with Crippen LogP contribution >= 0.6 is 0 Å². The predicted molar refractivity (Wildman–Crippen MR) is 55.1 cm³/mol. The third-order valence-corrected chi connectivity index (χ3v) is 3.08. The van der Waals surface area contributed by atoms with Crippen molar-refractivity contribution in [2.45, 2.75) is 39.5 Å². The van der Waals surface area contributed by atoms with Crippen LogP contribution in [0.15, 0.2) is 23.8 Å². The van der Waals surface area contributed by atoms with Gasteiger partial charge in [0.1, 0.15) is 0 Å². The number of allylic oxidation sites excluding steroid dienone is 3. The lowest BCUT2D eigenvalue weighted by atomic mass is 9.71. The molecule has 0 aromatic carbocycles. The highest BCUT2D eigenvalue weighted by atomic mass is 14.4. The second-order valence-corrected chi connectivity index (χ2v) is 4.12. The molecule has 0 fully saturated rings. The zero-order chi connectivity index (χ0) is 9.90. The maximum Gasteiger partial charge on any atom is 0.0696 e. The Balaban J connectivity index is 2.85. The molecule has 0 radical (unpaired) electrons. The van der Waals surface area contributed by atoms with Gasteiger partial charge in [0, 0.05) is 0 Å². The highest BCUT2D eigenvalue weighted by molar-refractivity contribution is 5.21. The molecule has 0 aromatic rings. The molecule has 1 atom stereocenters. The highest BCUT2D eigenvalue weighted by Gasteiger charge is 2.32.